The number of hydrogen-bond acceptors (Lipinski definition) is 4. The number of hydrogen-bond donors (Lipinski definition) is 2. The Labute approximate surface area is 61.2 Å². The molecule has 0 saturated heterocycles. The van der Waals surface area contributed by atoms with Crippen molar-refractivity contribution >= 4 is 11.9 Å². The average molecular weight is 162 g/mol. The molecule has 0 atom stereocenters. The first kappa shape index (κ1) is 9.34. The van der Waals surface area contributed by atoms with Crippen LogP contribution in [0.4, 0.5) is 0 Å². The summed E-state index contributed by atoms with van der Waals surface area (Å²) in [5, 5.41) is 18.8. The predicted molar refractivity (Wildman–Crippen MR) is 32.6 cm³/mol. The second-order valence-corrected chi connectivity index (χ2v) is 1.69. The lowest BCUT2D eigenvalue weighted by atomic mass is 10.5. The molecule has 0 aromatic heterocycles. The fourth-order valence-corrected chi connectivity index (χ4v) is 0.426. The second kappa shape index (κ2) is 4.20. The van der Waals surface area contributed by atoms with Crippen LogP contribution < -0.4 is 0 Å². The fraction of sp³-hybridized carbons (Fsp3) is 0.500. The van der Waals surface area contributed by atoms with Crippen molar-refractivity contribution in [3.8, 4) is 0 Å². The monoisotopic (exact) mass is 162 g/mol. The Morgan fingerprint density at radius 2 is 1.55 bits per heavy atom. The lowest BCUT2D eigenvalue weighted by molar-refractivity contribution is -0.141. The Balaban J connectivity index is 3.85. The molecule has 0 aliphatic carbocycles. The smallest absolute Gasteiger partial charge is 0.325 e. The summed E-state index contributed by atoms with van der Waals surface area (Å²) in [7, 11) is 0. The van der Waals surface area contributed by atoms with Crippen molar-refractivity contribution in [1.82, 2.24) is 5.01 Å². The molecule has 11 heavy (non-hydrogen) atoms. The minimum Gasteiger partial charge on any atom is -0.480 e. The van der Waals surface area contributed by atoms with Gasteiger partial charge in [-0.3, -0.25) is 9.59 Å². The van der Waals surface area contributed by atoms with E-state index in [1.165, 1.54) is 0 Å². The van der Waals surface area contributed by atoms with Gasteiger partial charge >= 0.3 is 11.9 Å². The highest BCUT2D eigenvalue weighted by molar-refractivity contribution is 5.72. The van der Waals surface area contributed by atoms with Crippen molar-refractivity contribution < 1.29 is 19.8 Å². The third-order valence-corrected chi connectivity index (χ3v) is 0.751. The van der Waals surface area contributed by atoms with E-state index in [4.69, 9.17) is 10.2 Å². The molecule has 0 rings (SSSR count). The van der Waals surface area contributed by atoms with Gasteiger partial charge in [0.15, 0.2) is 0 Å². The SMILES string of the molecule is O=NN(CC(=O)O)CC(=O)O. The summed E-state index contributed by atoms with van der Waals surface area (Å²) < 4.78 is 0. The summed E-state index contributed by atoms with van der Waals surface area (Å²) in [5.41, 5.74) is 0. The van der Waals surface area contributed by atoms with Crippen LogP contribution in [0.15, 0.2) is 5.29 Å². The van der Waals surface area contributed by atoms with E-state index in [0.717, 1.165) is 0 Å². The van der Waals surface area contributed by atoms with Gasteiger partial charge in [-0.25, -0.2) is 5.01 Å². The summed E-state index contributed by atoms with van der Waals surface area (Å²) in [5.74, 6) is -2.60. The van der Waals surface area contributed by atoms with E-state index < -0.39 is 25.0 Å². The number of carboxylic acids is 2. The minimum absolute atomic E-state index is 0.394. The van der Waals surface area contributed by atoms with Gasteiger partial charge in [-0.2, -0.15) is 0 Å². The maximum atomic E-state index is 9.92. The van der Waals surface area contributed by atoms with E-state index in [1.54, 1.807) is 0 Å². The highest BCUT2D eigenvalue weighted by atomic mass is 16.4. The van der Waals surface area contributed by atoms with Gasteiger partial charge in [0, 0.05) is 0 Å². The lowest BCUT2D eigenvalue weighted by Gasteiger charge is -2.07. The number of rotatable bonds is 5. The normalized spacial score (nSPS) is 8.73. The number of aliphatic carboxylic acids is 2. The molecule has 0 fully saturated rings. The molecule has 62 valence electrons. The van der Waals surface area contributed by atoms with Crippen LogP contribution in [0.5, 0.6) is 0 Å². The van der Waals surface area contributed by atoms with Crippen molar-refractivity contribution in [1.29, 1.82) is 0 Å². The molecule has 0 bridgehead atoms. The molecule has 0 aliphatic rings. The van der Waals surface area contributed by atoms with Crippen molar-refractivity contribution in [2.45, 2.75) is 0 Å². The van der Waals surface area contributed by atoms with Crippen LogP contribution in [0.1, 0.15) is 0 Å². The predicted octanol–water partition coefficient (Wildman–Crippen LogP) is -0.861. The zero-order valence-corrected chi connectivity index (χ0v) is 5.43. The topological polar surface area (TPSA) is 107 Å². The van der Waals surface area contributed by atoms with Gasteiger partial charge in [0.25, 0.3) is 0 Å². The molecule has 7 heteroatoms. The summed E-state index contributed by atoms with van der Waals surface area (Å²) in [6.07, 6.45) is 0. The quantitative estimate of drug-likeness (QED) is 0.402. The molecular formula is C4H6N2O5. The second-order valence-electron chi connectivity index (χ2n) is 1.69. The number of nitrogens with zero attached hydrogens (tertiary/aromatic N) is 2. The summed E-state index contributed by atoms with van der Waals surface area (Å²) in [6.45, 7) is -1.40. The summed E-state index contributed by atoms with van der Waals surface area (Å²) in [4.78, 5) is 29.6. The number of carboxylic acid groups (broad SMARTS) is 2. The minimum atomic E-state index is -1.30. The molecule has 0 amide bonds. The maximum Gasteiger partial charge on any atom is 0.325 e. The van der Waals surface area contributed by atoms with E-state index in [0.29, 0.717) is 5.01 Å². The third-order valence-electron chi connectivity index (χ3n) is 0.751. The van der Waals surface area contributed by atoms with Crippen LogP contribution >= 0.6 is 0 Å². The molecule has 0 saturated carbocycles. The van der Waals surface area contributed by atoms with E-state index in [1.807, 2.05) is 0 Å². The largest absolute Gasteiger partial charge is 0.480 e. The molecule has 0 spiro atoms. The van der Waals surface area contributed by atoms with Crippen molar-refractivity contribution in [2.75, 3.05) is 13.1 Å². The standard InChI is InChI=1S/C4H6N2O5/c7-3(8)1-6(5-11)2-4(9)10/h1-2H2,(H,7,8)(H,9,10). The highest BCUT2D eigenvalue weighted by Crippen LogP contribution is 1.87. The summed E-state index contributed by atoms with van der Waals surface area (Å²) >= 11 is 0. The fourth-order valence-electron chi connectivity index (χ4n) is 0.426. The molecule has 0 aliphatic heterocycles. The lowest BCUT2D eigenvalue weighted by Crippen LogP contribution is -2.29. The van der Waals surface area contributed by atoms with Crippen LogP contribution in [0.2, 0.25) is 0 Å². The molecule has 0 unspecified atom stereocenters. The van der Waals surface area contributed by atoms with Gasteiger partial charge in [-0.05, 0) is 0 Å². The van der Waals surface area contributed by atoms with Gasteiger partial charge < -0.3 is 10.2 Å². The first-order valence-electron chi connectivity index (χ1n) is 2.58. The number of carbonyl (C=O) groups is 2. The molecule has 0 heterocycles. The van der Waals surface area contributed by atoms with Crippen LogP contribution in [-0.4, -0.2) is 40.3 Å². The Kier molecular flexibility index (Phi) is 3.57. The average Bonchev–Trinajstić information content (AvgIpc) is 1.84. The Morgan fingerprint density at radius 3 is 1.73 bits per heavy atom. The first-order chi connectivity index (χ1) is 5.06. The number of nitroso groups, excluding NO2 is 1. The molecule has 0 aromatic carbocycles. The molecule has 0 radical (unpaired) electrons. The van der Waals surface area contributed by atoms with Crippen molar-refractivity contribution in [3.63, 3.8) is 0 Å². The van der Waals surface area contributed by atoms with Crippen LogP contribution in [-0.2, 0) is 9.59 Å². The molecule has 0 aromatic rings. The van der Waals surface area contributed by atoms with E-state index in [-0.39, 0.29) is 0 Å². The molecule has 2 N–H and O–H groups in total. The third kappa shape index (κ3) is 4.82. The van der Waals surface area contributed by atoms with Crippen molar-refractivity contribution in [3.05, 3.63) is 4.91 Å². The maximum absolute atomic E-state index is 9.92. The van der Waals surface area contributed by atoms with Gasteiger partial charge in [-0.15, -0.1) is 4.91 Å². The Hall–Kier alpha value is -1.66. The zero-order chi connectivity index (χ0) is 8.85. The van der Waals surface area contributed by atoms with Gasteiger partial charge in [0.05, 0.1) is 5.29 Å². The van der Waals surface area contributed by atoms with Crippen LogP contribution in [0, 0.1) is 4.91 Å². The summed E-state index contributed by atoms with van der Waals surface area (Å²) in [6, 6.07) is 0. The molecule has 7 nitrogen and oxygen atoms in total. The van der Waals surface area contributed by atoms with Gasteiger partial charge in [-0.1, -0.05) is 0 Å². The van der Waals surface area contributed by atoms with Gasteiger partial charge in [0.2, 0.25) is 0 Å². The zero-order valence-electron chi connectivity index (χ0n) is 5.43. The van der Waals surface area contributed by atoms with E-state index in [2.05, 4.69) is 5.29 Å². The highest BCUT2D eigenvalue weighted by Gasteiger charge is 2.11. The Morgan fingerprint density at radius 1 is 1.18 bits per heavy atom. The van der Waals surface area contributed by atoms with Crippen LogP contribution in [0.25, 0.3) is 0 Å². The van der Waals surface area contributed by atoms with Gasteiger partial charge in [0.1, 0.15) is 13.1 Å². The first-order valence-corrected chi connectivity index (χ1v) is 2.58. The van der Waals surface area contributed by atoms with Crippen molar-refractivity contribution in [2.24, 2.45) is 5.29 Å². The van der Waals surface area contributed by atoms with E-state index in [9.17, 15) is 14.5 Å². The van der Waals surface area contributed by atoms with Crippen LogP contribution in [0.3, 0.4) is 0 Å². The molecular weight excluding hydrogens is 156 g/mol. The Bertz CT molecular complexity index is 163. The van der Waals surface area contributed by atoms with E-state index >= 15 is 0 Å².